The van der Waals surface area contributed by atoms with E-state index < -0.39 is 6.10 Å². The van der Waals surface area contributed by atoms with Gasteiger partial charge in [0.15, 0.2) is 0 Å². The SMILES string of the molecule is OC(CNc1ccccc1)CN1c2ccccc2Sc2ccccc21. The van der Waals surface area contributed by atoms with E-state index >= 15 is 0 Å². The van der Waals surface area contributed by atoms with Gasteiger partial charge in [0.2, 0.25) is 0 Å². The van der Waals surface area contributed by atoms with Crippen molar-refractivity contribution < 1.29 is 5.11 Å². The molecule has 3 nitrogen and oxygen atoms in total. The lowest BCUT2D eigenvalue weighted by Gasteiger charge is -2.34. The summed E-state index contributed by atoms with van der Waals surface area (Å²) in [5.74, 6) is 0. The van der Waals surface area contributed by atoms with Crippen molar-refractivity contribution in [3.8, 4) is 0 Å². The van der Waals surface area contributed by atoms with Crippen LogP contribution in [0.25, 0.3) is 0 Å². The fourth-order valence-electron chi connectivity index (χ4n) is 3.04. The van der Waals surface area contributed by atoms with Crippen LogP contribution in [0, 0.1) is 0 Å². The van der Waals surface area contributed by atoms with E-state index in [2.05, 4.69) is 58.7 Å². The van der Waals surface area contributed by atoms with E-state index in [0.29, 0.717) is 13.1 Å². The van der Waals surface area contributed by atoms with Gasteiger partial charge in [0, 0.05) is 22.0 Å². The van der Waals surface area contributed by atoms with Crippen molar-refractivity contribution in [2.24, 2.45) is 0 Å². The monoisotopic (exact) mass is 348 g/mol. The van der Waals surface area contributed by atoms with Crippen molar-refractivity contribution in [1.29, 1.82) is 0 Å². The number of hydrogen-bond acceptors (Lipinski definition) is 4. The maximum Gasteiger partial charge on any atom is 0.0891 e. The fraction of sp³-hybridized carbons (Fsp3) is 0.143. The Morgan fingerprint density at radius 2 is 1.36 bits per heavy atom. The van der Waals surface area contributed by atoms with Crippen LogP contribution >= 0.6 is 11.8 Å². The van der Waals surface area contributed by atoms with Gasteiger partial charge in [-0.1, -0.05) is 54.2 Å². The van der Waals surface area contributed by atoms with Crippen LogP contribution < -0.4 is 10.2 Å². The standard InChI is InChI=1S/C21H20N2OS/c24-17(14-22-16-8-2-1-3-9-16)15-23-18-10-4-6-12-20(18)25-21-13-7-5-11-19(21)23/h1-13,17,22,24H,14-15H2. The summed E-state index contributed by atoms with van der Waals surface area (Å²) in [5.41, 5.74) is 3.34. The molecule has 2 N–H and O–H groups in total. The second-order valence-electron chi connectivity index (χ2n) is 6.05. The van der Waals surface area contributed by atoms with Gasteiger partial charge in [-0.25, -0.2) is 0 Å². The molecule has 0 amide bonds. The first-order valence-corrected chi connectivity index (χ1v) is 9.23. The second kappa shape index (κ2) is 7.21. The van der Waals surface area contributed by atoms with Gasteiger partial charge < -0.3 is 15.3 Å². The van der Waals surface area contributed by atoms with Gasteiger partial charge in [0.1, 0.15) is 0 Å². The minimum atomic E-state index is -0.482. The Kier molecular flexibility index (Phi) is 4.63. The van der Waals surface area contributed by atoms with Crippen molar-refractivity contribution >= 4 is 28.8 Å². The predicted molar refractivity (Wildman–Crippen MR) is 105 cm³/mol. The summed E-state index contributed by atoms with van der Waals surface area (Å²) in [6, 6.07) is 26.7. The Morgan fingerprint density at radius 1 is 0.800 bits per heavy atom. The lowest BCUT2D eigenvalue weighted by Crippen LogP contribution is -2.34. The van der Waals surface area contributed by atoms with Crippen LogP contribution in [0.5, 0.6) is 0 Å². The summed E-state index contributed by atoms with van der Waals surface area (Å²) in [6.07, 6.45) is -0.482. The van der Waals surface area contributed by atoms with E-state index in [4.69, 9.17) is 0 Å². The number of aliphatic hydroxyl groups is 1. The van der Waals surface area contributed by atoms with Gasteiger partial charge in [-0.3, -0.25) is 0 Å². The first-order valence-electron chi connectivity index (χ1n) is 8.42. The number of aliphatic hydroxyl groups excluding tert-OH is 1. The lowest BCUT2D eigenvalue weighted by molar-refractivity contribution is 0.195. The van der Waals surface area contributed by atoms with Crippen molar-refractivity contribution in [3.05, 3.63) is 78.9 Å². The Balaban J connectivity index is 1.53. The van der Waals surface area contributed by atoms with Gasteiger partial charge >= 0.3 is 0 Å². The molecule has 0 aliphatic carbocycles. The molecule has 0 bridgehead atoms. The van der Waals surface area contributed by atoms with E-state index in [1.54, 1.807) is 11.8 Å². The lowest BCUT2D eigenvalue weighted by atomic mass is 10.2. The molecule has 1 aliphatic heterocycles. The molecule has 1 atom stereocenters. The number of para-hydroxylation sites is 3. The minimum Gasteiger partial charge on any atom is -0.389 e. The van der Waals surface area contributed by atoms with Gasteiger partial charge in [0.05, 0.1) is 24.0 Å². The Hall–Kier alpha value is -2.43. The van der Waals surface area contributed by atoms with Crippen molar-refractivity contribution in [2.45, 2.75) is 15.9 Å². The molecular formula is C21H20N2OS. The Labute approximate surface area is 152 Å². The molecule has 0 saturated carbocycles. The van der Waals surface area contributed by atoms with Crippen LogP contribution in [0.2, 0.25) is 0 Å². The molecule has 0 radical (unpaired) electrons. The molecule has 0 fully saturated rings. The molecule has 1 aliphatic rings. The molecule has 126 valence electrons. The van der Waals surface area contributed by atoms with E-state index in [9.17, 15) is 5.11 Å². The molecular weight excluding hydrogens is 328 g/mol. The van der Waals surface area contributed by atoms with E-state index in [1.165, 1.54) is 9.79 Å². The number of nitrogens with zero attached hydrogens (tertiary/aromatic N) is 1. The Bertz CT molecular complexity index is 808. The molecule has 1 heterocycles. The van der Waals surface area contributed by atoms with Crippen molar-refractivity contribution in [1.82, 2.24) is 0 Å². The summed E-state index contributed by atoms with van der Waals surface area (Å²) in [6.45, 7) is 1.06. The molecule has 4 heteroatoms. The number of benzene rings is 3. The van der Waals surface area contributed by atoms with Crippen LogP contribution in [0.15, 0.2) is 88.7 Å². The zero-order chi connectivity index (χ0) is 17.1. The van der Waals surface area contributed by atoms with Crippen molar-refractivity contribution in [3.63, 3.8) is 0 Å². The van der Waals surface area contributed by atoms with E-state index in [1.807, 2.05) is 30.3 Å². The zero-order valence-electron chi connectivity index (χ0n) is 13.8. The average Bonchev–Trinajstić information content (AvgIpc) is 2.67. The maximum absolute atomic E-state index is 10.6. The number of fused-ring (bicyclic) bond motifs is 2. The zero-order valence-corrected chi connectivity index (χ0v) is 14.6. The number of anilines is 3. The molecule has 1 unspecified atom stereocenters. The molecule has 0 aromatic heterocycles. The smallest absolute Gasteiger partial charge is 0.0891 e. The minimum absolute atomic E-state index is 0.482. The highest BCUT2D eigenvalue weighted by atomic mass is 32.2. The third-order valence-corrected chi connectivity index (χ3v) is 5.37. The summed E-state index contributed by atoms with van der Waals surface area (Å²) in [5, 5.41) is 13.9. The quantitative estimate of drug-likeness (QED) is 0.697. The van der Waals surface area contributed by atoms with Crippen LogP contribution in [-0.2, 0) is 0 Å². The van der Waals surface area contributed by atoms with Gasteiger partial charge in [-0.15, -0.1) is 0 Å². The normalized spacial score (nSPS) is 13.7. The molecule has 4 rings (SSSR count). The summed E-state index contributed by atoms with van der Waals surface area (Å²) in [4.78, 5) is 4.67. The summed E-state index contributed by atoms with van der Waals surface area (Å²) < 4.78 is 0. The predicted octanol–water partition coefficient (Wildman–Crippen LogP) is 4.76. The first kappa shape index (κ1) is 16.1. The highest BCUT2D eigenvalue weighted by Gasteiger charge is 2.24. The fourth-order valence-corrected chi connectivity index (χ4v) is 4.14. The van der Waals surface area contributed by atoms with Crippen LogP contribution in [0.3, 0.4) is 0 Å². The van der Waals surface area contributed by atoms with Gasteiger partial charge in [-0.2, -0.15) is 0 Å². The summed E-state index contributed by atoms with van der Waals surface area (Å²) in [7, 11) is 0. The number of β-amino-alcohol motifs (C(OH)–C–C–N with tert-alkyl or cyclic N) is 1. The third kappa shape index (κ3) is 3.50. The number of nitrogens with one attached hydrogen (secondary N) is 1. The molecule has 3 aromatic rings. The topological polar surface area (TPSA) is 35.5 Å². The first-order chi connectivity index (χ1) is 12.3. The van der Waals surface area contributed by atoms with E-state index in [0.717, 1.165) is 17.1 Å². The average molecular weight is 348 g/mol. The van der Waals surface area contributed by atoms with Gasteiger partial charge in [-0.05, 0) is 36.4 Å². The molecule has 3 aromatic carbocycles. The second-order valence-corrected chi connectivity index (χ2v) is 7.13. The third-order valence-electron chi connectivity index (χ3n) is 4.24. The number of hydrogen-bond donors (Lipinski definition) is 2. The van der Waals surface area contributed by atoms with Crippen LogP contribution in [0.4, 0.5) is 17.1 Å². The highest BCUT2D eigenvalue weighted by molar-refractivity contribution is 7.99. The van der Waals surface area contributed by atoms with Gasteiger partial charge in [0.25, 0.3) is 0 Å². The van der Waals surface area contributed by atoms with Crippen LogP contribution in [-0.4, -0.2) is 24.3 Å². The van der Waals surface area contributed by atoms with Crippen LogP contribution in [0.1, 0.15) is 0 Å². The molecule has 25 heavy (non-hydrogen) atoms. The Morgan fingerprint density at radius 3 is 2.00 bits per heavy atom. The summed E-state index contributed by atoms with van der Waals surface area (Å²) >= 11 is 1.78. The highest BCUT2D eigenvalue weighted by Crippen LogP contribution is 2.47. The molecule has 0 spiro atoms. The number of rotatable bonds is 5. The largest absolute Gasteiger partial charge is 0.389 e. The maximum atomic E-state index is 10.6. The van der Waals surface area contributed by atoms with Crippen molar-refractivity contribution in [2.75, 3.05) is 23.3 Å². The van der Waals surface area contributed by atoms with E-state index in [-0.39, 0.29) is 0 Å². The molecule has 0 saturated heterocycles.